The van der Waals surface area contributed by atoms with Crippen molar-refractivity contribution < 1.29 is 28.7 Å². The minimum absolute atomic E-state index is 0.00486. The number of nitrogens with zero attached hydrogens (tertiary/aromatic N) is 1. The first-order valence-corrected chi connectivity index (χ1v) is 9.60. The van der Waals surface area contributed by atoms with Gasteiger partial charge in [0.05, 0.1) is 18.4 Å². The van der Waals surface area contributed by atoms with Gasteiger partial charge in [0.15, 0.2) is 0 Å². The zero-order valence-corrected chi connectivity index (χ0v) is 17.8. The SMILES string of the molecule is C#CCOc1ccc(Br)cc1/C=C1\C(=O)NC(=O)N(c2ccc(C(=O)OC)cc2)C1=O. The molecular formula is C22H15BrN2O6. The molecule has 1 aliphatic heterocycles. The van der Waals surface area contributed by atoms with Crippen LogP contribution in [0.2, 0.25) is 0 Å². The summed E-state index contributed by atoms with van der Waals surface area (Å²) >= 11 is 3.33. The maximum Gasteiger partial charge on any atom is 0.337 e. The second-order valence-electron chi connectivity index (χ2n) is 6.17. The van der Waals surface area contributed by atoms with E-state index in [9.17, 15) is 19.2 Å². The highest BCUT2D eigenvalue weighted by Gasteiger charge is 2.37. The van der Waals surface area contributed by atoms with Crippen LogP contribution in [0.3, 0.4) is 0 Å². The Morgan fingerprint density at radius 3 is 2.55 bits per heavy atom. The first kappa shape index (κ1) is 21.8. The number of carbonyl (C=O) groups excluding carboxylic acids is 4. The molecule has 0 aromatic heterocycles. The lowest BCUT2D eigenvalue weighted by Gasteiger charge is -2.26. The Morgan fingerprint density at radius 2 is 1.90 bits per heavy atom. The van der Waals surface area contributed by atoms with Crippen molar-refractivity contribution in [2.24, 2.45) is 0 Å². The van der Waals surface area contributed by atoms with E-state index >= 15 is 0 Å². The highest BCUT2D eigenvalue weighted by atomic mass is 79.9. The fraction of sp³-hybridized carbons (Fsp3) is 0.0909. The van der Waals surface area contributed by atoms with Crippen LogP contribution in [-0.2, 0) is 14.3 Å². The van der Waals surface area contributed by atoms with Crippen LogP contribution in [0.15, 0.2) is 52.5 Å². The highest BCUT2D eigenvalue weighted by molar-refractivity contribution is 9.10. The van der Waals surface area contributed by atoms with Crippen molar-refractivity contribution in [1.82, 2.24) is 5.32 Å². The first-order chi connectivity index (χ1) is 14.8. The second kappa shape index (κ2) is 9.28. The van der Waals surface area contributed by atoms with Gasteiger partial charge in [-0.25, -0.2) is 14.5 Å². The molecule has 31 heavy (non-hydrogen) atoms. The van der Waals surface area contributed by atoms with Crippen LogP contribution in [-0.4, -0.2) is 37.5 Å². The summed E-state index contributed by atoms with van der Waals surface area (Å²) in [7, 11) is 1.24. The molecule has 3 rings (SSSR count). The van der Waals surface area contributed by atoms with Crippen LogP contribution in [0.5, 0.6) is 5.75 Å². The van der Waals surface area contributed by atoms with E-state index in [2.05, 4.69) is 31.9 Å². The molecule has 0 atom stereocenters. The topological polar surface area (TPSA) is 102 Å². The summed E-state index contributed by atoms with van der Waals surface area (Å²) < 4.78 is 10.8. The number of barbiturate groups is 1. The Kier molecular flexibility index (Phi) is 6.52. The molecular weight excluding hydrogens is 468 g/mol. The number of rotatable bonds is 5. The molecule has 1 N–H and O–H groups in total. The van der Waals surface area contributed by atoms with Gasteiger partial charge < -0.3 is 9.47 Å². The number of hydrogen-bond acceptors (Lipinski definition) is 6. The summed E-state index contributed by atoms with van der Waals surface area (Å²) in [5, 5.41) is 2.14. The molecule has 1 aliphatic rings. The number of amides is 4. The van der Waals surface area contributed by atoms with Gasteiger partial charge in [0, 0.05) is 10.0 Å². The largest absolute Gasteiger partial charge is 0.480 e. The van der Waals surface area contributed by atoms with E-state index in [1.54, 1.807) is 18.2 Å². The number of hydrogen-bond donors (Lipinski definition) is 1. The van der Waals surface area contributed by atoms with E-state index in [4.69, 9.17) is 11.2 Å². The van der Waals surface area contributed by atoms with Crippen molar-refractivity contribution in [3.8, 4) is 18.1 Å². The fourth-order valence-electron chi connectivity index (χ4n) is 2.79. The minimum Gasteiger partial charge on any atom is -0.480 e. The lowest BCUT2D eigenvalue weighted by atomic mass is 10.1. The zero-order valence-electron chi connectivity index (χ0n) is 16.2. The lowest BCUT2D eigenvalue weighted by molar-refractivity contribution is -0.122. The van der Waals surface area contributed by atoms with Gasteiger partial charge in [-0.3, -0.25) is 14.9 Å². The van der Waals surface area contributed by atoms with Gasteiger partial charge in [0.1, 0.15) is 17.9 Å². The van der Waals surface area contributed by atoms with Crippen molar-refractivity contribution in [1.29, 1.82) is 0 Å². The molecule has 1 saturated heterocycles. The first-order valence-electron chi connectivity index (χ1n) is 8.81. The number of anilines is 1. The van der Waals surface area contributed by atoms with Gasteiger partial charge in [-0.1, -0.05) is 21.9 Å². The van der Waals surface area contributed by atoms with Crippen LogP contribution in [0.25, 0.3) is 6.08 Å². The number of imide groups is 2. The number of urea groups is 1. The standard InChI is InChI=1S/C22H15BrN2O6/c1-3-10-31-18-9-6-15(23)11-14(18)12-17-19(26)24-22(29)25(20(17)27)16-7-4-13(5-8-16)21(28)30-2/h1,4-9,11-12H,10H2,2H3,(H,24,26,29)/b17-12+. The maximum atomic E-state index is 13.0. The molecule has 156 valence electrons. The summed E-state index contributed by atoms with van der Waals surface area (Å²) in [4.78, 5) is 50.2. The number of terminal acetylenes is 1. The summed E-state index contributed by atoms with van der Waals surface area (Å²) in [5.41, 5.74) is 0.553. The van der Waals surface area contributed by atoms with Crippen LogP contribution < -0.4 is 15.0 Å². The number of esters is 1. The summed E-state index contributed by atoms with van der Waals surface area (Å²) in [6.07, 6.45) is 6.55. The Hall–Kier alpha value is -3.90. The quantitative estimate of drug-likeness (QED) is 0.304. The van der Waals surface area contributed by atoms with Crippen molar-refractivity contribution in [3.05, 3.63) is 63.6 Å². The molecule has 0 spiro atoms. The molecule has 1 fully saturated rings. The third-order valence-electron chi connectivity index (χ3n) is 4.23. The fourth-order valence-corrected chi connectivity index (χ4v) is 3.17. The Labute approximate surface area is 185 Å². The van der Waals surface area contributed by atoms with Crippen LogP contribution in [0.1, 0.15) is 15.9 Å². The van der Waals surface area contributed by atoms with Crippen LogP contribution in [0, 0.1) is 12.3 Å². The normalized spacial score (nSPS) is 14.8. The third kappa shape index (κ3) is 4.65. The molecule has 0 radical (unpaired) electrons. The lowest BCUT2D eigenvalue weighted by Crippen LogP contribution is -2.54. The monoisotopic (exact) mass is 482 g/mol. The summed E-state index contributed by atoms with van der Waals surface area (Å²) in [5.74, 6) is 0.463. The number of methoxy groups -OCH3 is 1. The summed E-state index contributed by atoms with van der Waals surface area (Å²) in [6.45, 7) is -0.00486. The highest BCUT2D eigenvalue weighted by Crippen LogP contribution is 2.28. The molecule has 2 aromatic carbocycles. The van der Waals surface area contributed by atoms with Gasteiger partial charge in [-0.05, 0) is 48.5 Å². The van der Waals surface area contributed by atoms with Gasteiger partial charge in [-0.2, -0.15) is 0 Å². The molecule has 1 heterocycles. The number of carbonyl (C=O) groups is 4. The molecule has 9 heteroatoms. The predicted octanol–water partition coefficient (Wildman–Crippen LogP) is 2.91. The van der Waals surface area contributed by atoms with Crippen molar-refractivity contribution in [2.75, 3.05) is 18.6 Å². The van der Waals surface area contributed by atoms with Gasteiger partial charge >= 0.3 is 12.0 Å². The maximum absolute atomic E-state index is 13.0. The molecule has 0 saturated carbocycles. The van der Waals surface area contributed by atoms with E-state index in [0.717, 1.165) is 4.90 Å². The second-order valence-corrected chi connectivity index (χ2v) is 7.09. The average Bonchev–Trinajstić information content (AvgIpc) is 2.75. The number of nitrogens with one attached hydrogen (secondary N) is 1. The van der Waals surface area contributed by atoms with Crippen molar-refractivity contribution >= 4 is 51.5 Å². The number of ether oxygens (including phenoxy) is 2. The van der Waals surface area contributed by atoms with Gasteiger partial charge in [0.2, 0.25) is 0 Å². The predicted molar refractivity (Wildman–Crippen MR) is 115 cm³/mol. The van der Waals surface area contributed by atoms with Crippen molar-refractivity contribution in [3.63, 3.8) is 0 Å². The molecule has 4 amide bonds. The Balaban J connectivity index is 2.00. The number of halogens is 1. The molecule has 0 aliphatic carbocycles. The van der Waals surface area contributed by atoms with Crippen LogP contribution >= 0.6 is 15.9 Å². The Morgan fingerprint density at radius 1 is 1.19 bits per heavy atom. The van der Waals surface area contributed by atoms with E-state index < -0.39 is 23.8 Å². The molecule has 8 nitrogen and oxygen atoms in total. The van der Waals surface area contributed by atoms with E-state index in [1.807, 2.05) is 0 Å². The molecule has 0 bridgehead atoms. The van der Waals surface area contributed by atoms with Gasteiger partial charge in [0.25, 0.3) is 11.8 Å². The van der Waals surface area contributed by atoms with E-state index in [-0.39, 0.29) is 23.4 Å². The third-order valence-corrected chi connectivity index (χ3v) is 4.72. The molecule has 2 aromatic rings. The average molecular weight is 483 g/mol. The van der Waals surface area contributed by atoms with E-state index in [1.165, 1.54) is 37.5 Å². The van der Waals surface area contributed by atoms with E-state index in [0.29, 0.717) is 15.8 Å². The Bertz CT molecular complexity index is 1150. The smallest absolute Gasteiger partial charge is 0.337 e. The minimum atomic E-state index is -0.906. The van der Waals surface area contributed by atoms with Crippen LogP contribution in [0.4, 0.5) is 10.5 Å². The zero-order chi connectivity index (χ0) is 22.5. The summed E-state index contributed by atoms with van der Waals surface area (Å²) in [6, 6.07) is 9.70. The number of benzene rings is 2. The van der Waals surface area contributed by atoms with Crippen molar-refractivity contribution in [2.45, 2.75) is 0 Å². The molecule has 0 unspecified atom stereocenters. The van der Waals surface area contributed by atoms with Gasteiger partial charge in [-0.15, -0.1) is 6.42 Å².